The van der Waals surface area contributed by atoms with Crippen molar-refractivity contribution in [2.24, 2.45) is 0 Å². The number of alkyl carbamates (subject to hydrolysis) is 1. The number of amides is 8. The van der Waals surface area contributed by atoms with Crippen LogP contribution in [0.5, 0.6) is 69.0 Å². The third-order valence-electron chi connectivity index (χ3n) is 16.8. The van der Waals surface area contributed by atoms with E-state index in [1.165, 1.54) is 60.7 Å². The molecule has 560 valence electrons. The summed E-state index contributed by atoms with van der Waals surface area (Å²) in [5.74, 6) is -15.5. The van der Waals surface area contributed by atoms with Crippen molar-refractivity contribution in [1.82, 2.24) is 47.9 Å². The highest BCUT2D eigenvalue weighted by molar-refractivity contribution is 9.09. The summed E-state index contributed by atoms with van der Waals surface area (Å²) in [4.78, 5) is 146. The van der Waals surface area contributed by atoms with Crippen molar-refractivity contribution >= 4 is 98.5 Å². The summed E-state index contributed by atoms with van der Waals surface area (Å²) >= 11 is 17.4. The number of alkyl halides is 1. The predicted molar refractivity (Wildman–Crippen MR) is 379 cm³/mol. The molecular formula is C72H68BrCl2N9O23. The van der Waals surface area contributed by atoms with Gasteiger partial charge in [0.05, 0.1) is 23.7 Å². The smallest absolute Gasteiger partial charge is 0.408 e. The van der Waals surface area contributed by atoms with Gasteiger partial charge in [0.15, 0.2) is 29.0 Å². The molecule has 0 unspecified atom stereocenters. The van der Waals surface area contributed by atoms with Crippen molar-refractivity contribution in [2.45, 2.75) is 81.2 Å². The molecule has 13 rings (SSSR count). The van der Waals surface area contributed by atoms with Crippen molar-refractivity contribution < 1.29 is 112 Å². The molecule has 6 aliphatic rings. The molecule has 6 aliphatic heterocycles. The molecule has 7 aromatic rings. The van der Waals surface area contributed by atoms with Gasteiger partial charge in [0.2, 0.25) is 47.1 Å². The number of benzene rings is 7. The first-order valence-corrected chi connectivity index (χ1v) is 34.6. The van der Waals surface area contributed by atoms with Gasteiger partial charge in [0.1, 0.15) is 108 Å². The monoisotopic (exact) mass is 1580 g/mol. The van der Waals surface area contributed by atoms with Crippen LogP contribution in [0.4, 0.5) is 4.79 Å². The van der Waals surface area contributed by atoms with Gasteiger partial charge in [-0.3, -0.25) is 38.4 Å². The number of hydrogen-bond acceptors (Lipinski definition) is 24. The van der Waals surface area contributed by atoms with Gasteiger partial charge in [-0.2, -0.15) is 0 Å². The van der Waals surface area contributed by atoms with Crippen LogP contribution in [0.1, 0.15) is 96.0 Å². The van der Waals surface area contributed by atoms with E-state index in [0.717, 1.165) is 61.7 Å². The van der Waals surface area contributed by atoms with E-state index < -0.39 is 166 Å². The standard InChI is InChI=1S/C72H68BrCl2N9O23/c1-72(2,3)107-71(100)84-57-33-7-10-46(88)50(23-33)104-39-20-35(19-37(85)26-39)58-67(96)81-59-36-24-51(105-48-11-5-31(17-42(48)74)18-44(64(93)79-58)78-65(57)94)63(102-16-14-76-29-53(90)77-30-54(91)101-4)52(25-36)106-49-12-8-34(22-43(49)75)62(92)61-69(98)82-60(70(99)103-15-13-73)41-27-38(86)28-47(89)55(41)40-21-32(6-9-45(40)87)56(66(95)83-61)80-68(59)97/h5-12,17,19-28,44,56-62,76,85-89,92H,13-16,18,29-30H2,1-4H3,(H,77,90)(H,78,94)(H,79,93)(H,80,97)(H,81,96)(H,82,98)(H,83,95)(H,84,100)/t44-,56-,57+,58+,59-,60+,61+,62-/m1/s1. The zero-order valence-corrected chi connectivity index (χ0v) is 59.9. The maximum atomic E-state index is 16.3. The highest BCUT2D eigenvalue weighted by Crippen LogP contribution is 2.49. The van der Waals surface area contributed by atoms with Crippen molar-refractivity contribution in [2.75, 3.05) is 45.3 Å². The van der Waals surface area contributed by atoms with E-state index in [4.69, 9.17) is 51.6 Å². The maximum Gasteiger partial charge on any atom is 0.408 e. The quantitative estimate of drug-likeness (QED) is 0.0290. The Morgan fingerprint density at radius 1 is 0.589 bits per heavy atom. The van der Waals surface area contributed by atoms with Crippen LogP contribution in [0.25, 0.3) is 11.1 Å². The molecule has 0 aromatic heterocycles. The molecule has 8 amide bonds. The molecule has 32 nitrogen and oxygen atoms in total. The third-order valence-corrected chi connectivity index (χ3v) is 17.7. The van der Waals surface area contributed by atoms with Gasteiger partial charge in [0.25, 0.3) is 0 Å². The highest BCUT2D eigenvalue weighted by Gasteiger charge is 2.42. The Morgan fingerprint density at radius 3 is 1.88 bits per heavy atom. The number of carbonyl (C=O) groups is 10. The first kappa shape index (κ1) is 76.4. The molecule has 107 heavy (non-hydrogen) atoms. The Balaban J connectivity index is 1.14. The molecule has 0 saturated carbocycles. The summed E-state index contributed by atoms with van der Waals surface area (Å²) in [6.07, 6.45) is -3.71. The van der Waals surface area contributed by atoms with Crippen LogP contribution in [0.15, 0.2) is 115 Å². The number of halogens is 3. The number of phenols is 5. The number of ether oxygens (including phenoxy) is 7. The number of esters is 2. The summed E-state index contributed by atoms with van der Waals surface area (Å²) in [5, 5.41) is 92.7. The van der Waals surface area contributed by atoms with E-state index in [0.29, 0.717) is 0 Å². The van der Waals surface area contributed by atoms with Gasteiger partial charge >= 0.3 is 18.0 Å². The number of phenolic OH excluding ortho intramolecular Hbond substituents is 5. The van der Waals surface area contributed by atoms with Gasteiger partial charge in [-0.1, -0.05) is 63.4 Å². The number of rotatable bonds is 12. The highest BCUT2D eigenvalue weighted by atomic mass is 79.9. The predicted octanol–water partition coefficient (Wildman–Crippen LogP) is 5.96. The molecular weight excluding hydrogens is 1510 g/mol. The third kappa shape index (κ3) is 17.8. The number of hydrogen-bond donors (Lipinski definition) is 15. The minimum atomic E-state index is -2.25. The molecule has 35 heteroatoms. The lowest BCUT2D eigenvalue weighted by atomic mass is 9.89. The van der Waals surface area contributed by atoms with Crippen molar-refractivity contribution in [1.29, 1.82) is 0 Å². The minimum Gasteiger partial charge on any atom is -0.508 e. The summed E-state index contributed by atoms with van der Waals surface area (Å²) < 4.78 is 41.4. The van der Waals surface area contributed by atoms with E-state index in [1.807, 2.05) is 0 Å². The van der Waals surface area contributed by atoms with E-state index in [2.05, 4.69) is 68.5 Å². The van der Waals surface area contributed by atoms with E-state index in [-0.39, 0.29) is 121 Å². The van der Waals surface area contributed by atoms with Crippen LogP contribution in [0.3, 0.4) is 0 Å². The topological polar surface area (TPSA) is 465 Å². The number of aliphatic hydroxyl groups is 1. The molecule has 0 radical (unpaired) electrons. The number of nitrogens with one attached hydrogen (secondary N) is 9. The first-order valence-electron chi connectivity index (χ1n) is 32.7. The normalized spacial score (nSPS) is 19.8. The van der Waals surface area contributed by atoms with Crippen LogP contribution in [-0.2, 0) is 63.8 Å². The average Bonchev–Trinajstić information content (AvgIpc) is 0.735. The van der Waals surface area contributed by atoms with Crippen LogP contribution >= 0.6 is 39.1 Å². The summed E-state index contributed by atoms with van der Waals surface area (Å²) in [7, 11) is 1.14. The van der Waals surface area contributed by atoms with Crippen molar-refractivity contribution in [3.8, 4) is 80.1 Å². The van der Waals surface area contributed by atoms with E-state index >= 15 is 24.0 Å². The largest absolute Gasteiger partial charge is 0.508 e. The minimum absolute atomic E-state index is 0.0227. The van der Waals surface area contributed by atoms with Gasteiger partial charge in [0, 0.05) is 47.1 Å². The van der Waals surface area contributed by atoms with Gasteiger partial charge < -0.3 is 112 Å². The summed E-state index contributed by atoms with van der Waals surface area (Å²) in [6, 6.07) is 7.97. The number of methoxy groups -OCH3 is 1. The molecule has 15 N–H and O–H groups in total. The summed E-state index contributed by atoms with van der Waals surface area (Å²) in [6.45, 7) is 3.15. The second-order valence-corrected chi connectivity index (χ2v) is 27.2. The van der Waals surface area contributed by atoms with Gasteiger partial charge in [-0.15, -0.1) is 0 Å². The van der Waals surface area contributed by atoms with Gasteiger partial charge in [-0.05, 0) is 133 Å². The van der Waals surface area contributed by atoms with Crippen LogP contribution in [0.2, 0.25) is 10.0 Å². The number of fused-ring (bicyclic) bond motifs is 14. The Morgan fingerprint density at radius 2 is 1.21 bits per heavy atom. The lowest BCUT2D eigenvalue weighted by Gasteiger charge is -2.31. The van der Waals surface area contributed by atoms with E-state index in [9.17, 15) is 54.6 Å². The molecule has 7 aromatic carbocycles. The lowest BCUT2D eigenvalue weighted by Crippen LogP contribution is -2.55. The lowest BCUT2D eigenvalue weighted by molar-refractivity contribution is -0.148. The average molecular weight is 1580 g/mol. The zero-order valence-electron chi connectivity index (χ0n) is 56.8. The van der Waals surface area contributed by atoms with Crippen LogP contribution in [0, 0.1) is 0 Å². The summed E-state index contributed by atoms with van der Waals surface area (Å²) in [5.41, 5.74) is -3.21. The molecule has 0 spiro atoms. The van der Waals surface area contributed by atoms with Crippen molar-refractivity contribution in [3.63, 3.8) is 0 Å². The molecule has 0 saturated heterocycles. The van der Waals surface area contributed by atoms with Crippen LogP contribution < -0.4 is 66.8 Å². The number of carbonyl (C=O) groups excluding carboxylic acids is 10. The zero-order chi connectivity index (χ0) is 76.9. The van der Waals surface area contributed by atoms with Gasteiger partial charge in [-0.25, -0.2) is 9.59 Å². The Hall–Kier alpha value is -11.8. The Labute approximate surface area is 625 Å². The molecule has 17 bridgehead atoms. The number of aromatic hydroxyl groups is 5. The molecule has 8 atom stereocenters. The SMILES string of the molecule is COC(=O)CNC(=O)CNCCOc1c2cc3cc1Oc1ccc(cc1Cl)[C@@H](O)[C@@H]1NC(=O)[C@H](NC(=O)[C@@H]3NC(=O)[C@H]3NC(=O)[C@@H](Cc4ccc(c(Cl)c4)O2)NC(=O)[C@@H](NC(=O)OC(C)(C)C)c2ccc(O)c(c2)Oc2cc(O)cc3c2)c2ccc(O)c(c2)-c2c(O)cc(O)cc2[C@@H](C(=O)OCCBr)NC1=O. The van der Waals surface area contributed by atoms with Crippen LogP contribution in [-0.4, -0.2) is 153 Å². The van der Waals surface area contributed by atoms with E-state index in [1.54, 1.807) is 20.8 Å². The molecule has 0 fully saturated rings. The molecule has 0 aliphatic carbocycles. The first-order chi connectivity index (χ1) is 50.9. The fraction of sp³-hybridized carbons (Fsp3) is 0.278. The molecule has 6 heterocycles. The second kappa shape index (κ2) is 32.3. The second-order valence-electron chi connectivity index (χ2n) is 25.6. The maximum absolute atomic E-state index is 16.3. The fourth-order valence-corrected chi connectivity index (χ4v) is 12.5. The Bertz CT molecular complexity index is 4750. The number of aliphatic hydroxyl groups excluding tert-OH is 1. The fourth-order valence-electron chi connectivity index (χ4n) is 11.9. The Kier molecular flexibility index (Phi) is 23.0. The van der Waals surface area contributed by atoms with Crippen molar-refractivity contribution in [3.05, 3.63) is 164 Å².